The van der Waals surface area contributed by atoms with E-state index in [1.54, 1.807) is 6.07 Å². The van der Waals surface area contributed by atoms with Crippen molar-refractivity contribution in [1.82, 2.24) is 9.38 Å². The van der Waals surface area contributed by atoms with Crippen molar-refractivity contribution in [3.8, 4) is 22.8 Å². The minimum atomic E-state index is -4.85. The number of aromatic nitrogens is 2. The van der Waals surface area contributed by atoms with Crippen LogP contribution in [-0.2, 0) is 4.79 Å². The molecule has 1 N–H and O–H groups in total. The van der Waals surface area contributed by atoms with Gasteiger partial charge in [-0.05, 0) is 54.6 Å². The van der Waals surface area contributed by atoms with Crippen molar-refractivity contribution in [3.63, 3.8) is 0 Å². The molecule has 0 radical (unpaired) electrons. The van der Waals surface area contributed by atoms with E-state index < -0.39 is 30.4 Å². The van der Waals surface area contributed by atoms with Crippen LogP contribution in [0, 0.1) is 5.82 Å². The van der Waals surface area contributed by atoms with Crippen LogP contribution in [0.3, 0.4) is 0 Å². The number of nitrogens with one attached hydrogen (secondary N) is 1. The highest BCUT2D eigenvalue weighted by molar-refractivity contribution is 6.35. The molecule has 2 heterocycles. The molecule has 4 rings (SSSR count). The van der Waals surface area contributed by atoms with Crippen LogP contribution in [0.5, 0.6) is 11.5 Å². The van der Waals surface area contributed by atoms with Crippen molar-refractivity contribution in [2.75, 3.05) is 11.9 Å². The number of nitrogens with zero attached hydrogens (tertiary/aromatic N) is 2. The van der Waals surface area contributed by atoms with Gasteiger partial charge in [0.1, 0.15) is 23.0 Å². The van der Waals surface area contributed by atoms with Crippen LogP contribution in [0.1, 0.15) is 0 Å². The lowest BCUT2D eigenvalue weighted by atomic mass is 10.1. The molecule has 0 aliphatic rings. The van der Waals surface area contributed by atoms with Gasteiger partial charge in [0.25, 0.3) is 5.91 Å². The number of imidazole rings is 1. The van der Waals surface area contributed by atoms with Gasteiger partial charge in [0.2, 0.25) is 0 Å². The molecule has 0 spiro atoms. The highest BCUT2D eigenvalue weighted by atomic mass is 35.5. The fourth-order valence-electron chi connectivity index (χ4n) is 3.10. The van der Waals surface area contributed by atoms with Crippen molar-refractivity contribution in [1.29, 1.82) is 0 Å². The molecule has 1 amide bonds. The van der Waals surface area contributed by atoms with Gasteiger partial charge in [-0.25, -0.2) is 9.37 Å². The Kier molecular flexibility index (Phi) is 6.54. The zero-order valence-electron chi connectivity index (χ0n) is 16.9. The molecule has 0 aliphatic heterocycles. The minimum absolute atomic E-state index is 0.0471. The van der Waals surface area contributed by atoms with E-state index in [-0.39, 0.29) is 22.3 Å². The van der Waals surface area contributed by atoms with E-state index in [0.717, 1.165) is 18.3 Å². The third kappa shape index (κ3) is 5.52. The first kappa shape index (κ1) is 23.7. The van der Waals surface area contributed by atoms with E-state index in [0.29, 0.717) is 16.2 Å². The van der Waals surface area contributed by atoms with Crippen molar-refractivity contribution >= 4 is 40.6 Å². The molecule has 0 atom stereocenters. The van der Waals surface area contributed by atoms with Crippen LogP contribution < -0.4 is 14.8 Å². The molecule has 0 aliphatic carbocycles. The van der Waals surface area contributed by atoms with Gasteiger partial charge < -0.3 is 14.8 Å². The molecule has 0 saturated heterocycles. The highest BCUT2D eigenvalue weighted by Crippen LogP contribution is 2.32. The topological polar surface area (TPSA) is 64.9 Å². The van der Waals surface area contributed by atoms with Gasteiger partial charge in [-0.15, -0.1) is 13.2 Å². The van der Waals surface area contributed by atoms with E-state index in [9.17, 15) is 22.4 Å². The second kappa shape index (κ2) is 9.40. The average Bonchev–Trinajstić information content (AvgIpc) is 3.09. The molecule has 176 valence electrons. The van der Waals surface area contributed by atoms with Crippen LogP contribution in [0.15, 0.2) is 60.8 Å². The molecular formula is C22H13Cl2F4N3O3. The summed E-state index contributed by atoms with van der Waals surface area (Å²) in [5.74, 6) is -1.34. The summed E-state index contributed by atoms with van der Waals surface area (Å²) < 4.78 is 61.9. The smallest absolute Gasteiger partial charge is 0.482 e. The van der Waals surface area contributed by atoms with Crippen LogP contribution in [0.4, 0.5) is 23.4 Å². The maximum Gasteiger partial charge on any atom is 0.573 e. The molecule has 2 aromatic heterocycles. The number of ether oxygens (including phenoxy) is 2. The second-order valence-electron chi connectivity index (χ2n) is 6.87. The summed E-state index contributed by atoms with van der Waals surface area (Å²) in [4.78, 5) is 16.8. The van der Waals surface area contributed by atoms with E-state index in [1.165, 1.54) is 40.8 Å². The molecule has 0 bridgehead atoms. The van der Waals surface area contributed by atoms with E-state index in [4.69, 9.17) is 27.9 Å². The molecular weight excluding hydrogens is 501 g/mol. The summed E-state index contributed by atoms with van der Waals surface area (Å²) in [6, 6.07) is 11.9. The lowest BCUT2D eigenvalue weighted by molar-refractivity contribution is -0.274. The van der Waals surface area contributed by atoms with Gasteiger partial charge in [-0.1, -0.05) is 23.2 Å². The summed E-state index contributed by atoms with van der Waals surface area (Å²) in [6.07, 6.45) is -3.71. The molecule has 12 heteroatoms. The number of halogens is 6. The summed E-state index contributed by atoms with van der Waals surface area (Å²) in [5.41, 5.74) is 0.888. The summed E-state index contributed by atoms with van der Waals surface area (Å²) in [5, 5.41) is 3.18. The number of alkyl halides is 3. The number of fused-ring (bicyclic) bond motifs is 1. The van der Waals surface area contributed by atoms with Gasteiger partial charge in [0, 0.05) is 16.8 Å². The lowest BCUT2D eigenvalue weighted by Crippen LogP contribution is -2.21. The maximum absolute atomic E-state index is 13.9. The first-order chi connectivity index (χ1) is 16.1. The van der Waals surface area contributed by atoms with Crippen LogP contribution >= 0.6 is 23.2 Å². The second-order valence-corrected chi connectivity index (χ2v) is 7.71. The van der Waals surface area contributed by atoms with Crippen molar-refractivity contribution < 1.29 is 31.8 Å². The number of hydrogen-bond donors (Lipinski definition) is 1. The number of carbonyl (C=O) groups is 1. The van der Waals surface area contributed by atoms with Crippen molar-refractivity contribution in [2.45, 2.75) is 6.36 Å². The van der Waals surface area contributed by atoms with Crippen LogP contribution in [0.25, 0.3) is 16.9 Å². The van der Waals surface area contributed by atoms with Crippen molar-refractivity contribution in [2.24, 2.45) is 0 Å². The number of benzene rings is 2. The van der Waals surface area contributed by atoms with Gasteiger partial charge >= 0.3 is 6.36 Å². The fourth-order valence-corrected chi connectivity index (χ4v) is 3.56. The maximum atomic E-state index is 13.9. The number of pyridine rings is 1. The number of amides is 1. The van der Waals surface area contributed by atoms with Gasteiger partial charge in [-0.3, -0.25) is 9.20 Å². The monoisotopic (exact) mass is 513 g/mol. The van der Waals surface area contributed by atoms with Crippen LogP contribution in [-0.4, -0.2) is 28.3 Å². The molecule has 0 fully saturated rings. The first-order valence-corrected chi connectivity index (χ1v) is 10.3. The molecule has 34 heavy (non-hydrogen) atoms. The molecule has 0 saturated carbocycles. The lowest BCUT2D eigenvalue weighted by Gasteiger charge is -2.11. The normalized spacial score (nSPS) is 11.5. The average molecular weight is 514 g/mol. The Morgan fingerprint density at radius 3 is 2.47 bits per heavy atom. The minimum Gasteiger partial charge on any atom is -0.482 e. The summed E-state index contributed by atoms with van der Waals surface area (Å²) in [6.45, 7) is -0.429. The Hall–Kier alpha value is -3.50. The Balaban J connectivity index is 1.61. The summed E-state index contributed by atoms with van der Waals surface area (Å²) in [7, 11) is 0. The van der Waals surface area contributed by atoms with Gasteiger partial charge in [0.05, 0.1) is 10.7 Å². The van der Waals surface area contributed by atoms with Crippen molar-refractivity contribution in [3.05, 3.63) is 76.7 Å². The van der Waals surface area contributed by atoms with Gasteiger partial charge in [0.15, 0.2) is 12.4 Å². The molecule has 6 nitrogen and oxygen atoms in total. The number of hydrogen-bond acceptors (Lipinski definition) is 4. The zero-order valence-corrected chi connectivity index (χ0v) is 18.4. The number of rotatable bonds is 6. The Morgan fingerprint density at radius 2 is 1.79 bits per heavy atom. The van der Waals surface area contributed by atoms with Crippen LogP contribution in [0.2, 0.25) is 10.0 Å². The van der Waals surface area contributed by atoms with Gasteiger partial charge in [-0.2, -0.15) is 0 Å². The van der Waals surface area contributed by atoms with E-state index >= 15 is 0 Å². The Bertz CT molecular complexity index is 1360. The number of carbonyl (C=O) groups excluding carboxylic acids is 1. The SMILES string of the molecule is O=C(COc1ccc(Cl)cc1Cl)Nc1nc2ccc(F)cn2c1-c1ccc(OC(F)(F)F)cc1. The third-order valence-corrected chi connectivity index (χ3v) is 4.98. The first-order valence-electron chi connectivity index (χ1n) is 9.50. The Labute approximate surface area is 199 Å². The standard InChI is InChI=1S/C22H13Cl2F4N3O3/c23-13-3-7-17(16(24)9-13)33-11-19(32)30-21-20(31-10-14(25)4-8-18(31)29-21)12-1-5-15(6-2-12)34-22(26,27)28/h1-10H,11H2,(H,30,32). The quantitative estimate of drug-likeness (QED) is 0.304. The predicted octanol–water partition coefficient (Wildman–Crippen LogP) is 6.36. The number of anilines is 1. The molecule has 2 aromatic carbocycles. The largest absolute Gasteiger partial charge is 0.573 e. The van der Waals surface area contributed by atoms with E-state index in [1.807, 2.05) is 0 Å². The van der Waals surface area contributed by atoms with E-state index in [2.05, 4.69) is 15.0 Å². The summed E-state index contributed by atoms with van der Waals surface area (Å²) >= 11 is 11.9. The fraction of sp³-hybridized carbons (Fsp3) is 0.0909. The predicted molar refractivity (Wildman–Crippen MR) is 118 cm³/mol. The molecule has 0 unspecified atom stereocenters. The third-order valence-electron chi connectivity index (χ3n) is 4.45. The molecule has 4 aromatic rings. The highest BCUT2D eigenvalue weighted by Gasteiger charge is 2.31. The Morgan fingerprint density at radius 1 is 1.06 bits per heavy atom. The zero-order chi connectivity index (χ0) is 24.5.